The topological polar surface area (TPSA) is 110 Å². The smallest absolute Gasteiger partial charge is 0.307 e. The zero-order chi connectivity index (χ0) is 15.2. The number of aromatic nitrogens is 2. The maximum absolute atomic E-state index is 11.7. The molecule has 1 unspecified atom stereocenters. The molecule has 8 heteroatoms. The Bertz CT molecular complexity index is 626. The molecule has 0 saturated heterocycles. The highest BCUT2D eigenvalue weighted by Gasteiger charge is 2.12. The van der Waals surface area contributed by atoms with Gasteiger partial charge in [-0.1, -0.05) is 30.3 Å². The van der Waals surface area contributed by atoms with Crippen molar-refractivity contribution in [3.8, 4) is 0 Å². The normalized spacial score (nSPS) is 11.9. The van der Waals surface area contributed by atoms with Gasteiger partial charge in [0, 0.05) is 6.54 Å². The minimum absolute atomic E-state index is 0.0617. The highest BCUT2D eigenvalue weighted by molar-refractivity contribution is 5.75. The lowest BCUT2D eigenvalue weighted by atomic mass is 10.1. The Labute approximate surface area is 120 Å². The van der Waals surface area contributed by atoms with Crippen molar-refractivity contribution in [2.45, 2.75) is 12.6 Å². The van der Waals surface area contributed by atoms with Gasteiger partial charge in [-0.2, -0.15) is 5.10 Å². The second-order valence-corrected chi connectivity index (χ2v) is 4.38. The number of nitro groups is 1. The van der Waals surface area contributed by atoms with Crippen LogP contribution < -0.4 is 5.32 Å². The van der Waals surface area contributed by atoms with E-state index in [4.69, 9.17) is 0 Å². The molecule has 0 radical (unpaired) electrons. The molecule has 0 aliphatic heterocycles. The summed E-state index contributed by atoms with van der Waals surface area (Å²) >= 11 is 0. The van der Waals surface area contributed by atoms with E-state index >= 15 is 0 Å². The van der Waals surface area contributed by atoms with Crippen molar-refractivity contribution in [2.24, 2.45) is 0 Å². The van der Waals surface area contributed by atoms with Gasteiger partial charge >= 0.3 is 5.69 Å². The van der Waals surface area contributed by atoms with E-state index in [0.717, 1.165) is 6.20 Å². The summed E-state index contributed by atoms with van der Waals surface area (Å²) < 4.78 is 1.17. The molecule has 0 fully saturated rings. The third-order valence-electron chi connectivity index (χ3n) is 2.81. The van der Waals surface area contributed by atoms with Crippen LogP contribution in [0.5, 0.6) is 0 Å². The van der Waals surface area contributed by atoms with Crippen LogP contribution in [0.25, 0.3) is 0 Å². The number of nitrogens with one attached hydrogen (secondary N) is 1. The first kappa shape index (κ1) is 14.7. The fraction of sp³-hybridized carbons (Fsp3) is 0.231. The predicted molar refractivity (Wildman–Crippen MR) is 73.3 cm³/mol. The van der Waals surface area contributed by atoms with E-state index in [0.29, 0.717) is 5.56 Å². The van der Waals surface area contributed by atoms with Crippen molar-refractivity contribution in [1.82, 2.24) is 15.1 Å². The van der Waals surface area contributed by atoms with Crippen LogP contribution in [0.2, 0.25) is 0 Å². The lowest BCUT2D eigenvalue weighted by molar-refractivity contribution is -0.385. The van der Waals surface area contributed by atoms with E-state index in [2.05, 4.69) is 10.4 Å². The molecule has 2 N–H and O–H groups in total. The van der Waals surface area contributed by atoms with Crippen LogP contribution in [-0.4, -0.2) is 32.3 Å². The number of hydrogen-bond acceptors (Lipinski definition) is 5. The lowest BCUT2D eigenvalue weighted by Gasteiger charge is -2.12. The van der Waals surface area contributed by atoms with Crippen molar-refractivity contribution in [3.05, 3.63) is 58.4 Å². The number of amides is 1. The Morgan fingerprint density at radius 2 is 2.14 bits per heavy atom. The second-order valence-electron chi connectivity index (χ2n) is 4.38. The lowest BCUT2D eigenvalue weighted by Crippen LogP contribution is -2.31. The van der Waals surface area contributed by atoms with E-state index in [-0.39, 0.29) is 24.7 Å². The number of rotatable bonds is 6. The minimum Gasteiger partial charge on any atom is -0.387 e. The standard InChI is InChI=1S/C13H14N4O4/c18-12(10-4-2-1-3-5-10)7-14-13(19)9-16-8-11(6-15-16)17(20)21/h1-6,8,12,18H,7,9H2,(H,14,19). The van der Waals surface area contributed by atoms with Crippen molar-refractivity contribution < 1.29 is 14.8 Å². The third-order valence-corrected chi connectivity index (χ3v) is 2.81. The number of benzene rings is 1. The summed E-state index contributed by atoms with van der Waals surface area (Å²) in [6.07, 6.45) is 1.45. The summed E-state index contributed by atoms with van der Waals surface area (Å²) in [4.78, 5) is 21.6. The van der Waals surface area contributed by atoms with Gasteiger partial charge in [0.25, 0.3) is 0 Å². The monoisotopic (exact) mass is 290 g/mol. The molecule has 0 aliphatic rings. The number of aliphatic hydroxyl groups is 1. The minimum atomic E-state index is -0.804. The van der Waals surface area contributed by atoms with Crippen molar-refractivity contribution in [3.63, 3.8) is 0 Å². The highest BCUT2D eigenvalue weighted by atomic mass is 16.6. The summed E-state index contributed by atoms with van der Waals surface area (Å²) in [6, 6.07) is 8.94. The van der Waals surface area contributed by atoms with Crippen LogP contribution in [0.4, 0.5) is 5.69 Å². The summed E-state index contributed by atoms with van der Waals surface area (Å²) in [6.45, 7) is -0.0818. The summed E-state index contributed by atoms with van der Waals surface area (Å²) in [5, 5.41) is 26.6. The van der Waals surface area contributed by atoms with Crippen LogP contribution in [0.1, 0.15) is 11.7 Å². The van der Waals surface area contributed by atoms with Crippen LogP contribution >= 0.6 is 0 Å². The molecule has 1 heterocycles. The van der Waals surface area contributed by atoms with Gasteiger partial charge in [0.05, 0.1) is 11.0 Å². The first-order valence-corrected chi connectivity index (χ1v) is 6.23. The van der Waals surface area contributed by atoms with E-state index in [1.807, 2.05) is 6.07 Å². The first-order valence-electron chi connectivity index (χ1n) is 6.23. The molecule has 2 rings (SSSR count). The predicted octanol–water partition coefficient (Wildman–Crippen LogP) is 0.641. The Balaban J connectivity index is 1.83. The SMILES string of the molecule is O=C(Cn1cc([N+](=O)[O-])cn1)NCC(O)c1ccccc1. The molecule has 110 valence electrons. The molecule has 0 spiro atoms. The molecular formula is C13H14N4O4. The van der Waals surface area contributed by atoms with Crippen molar-refractivity contribution >= 4 is 11.6 Å². The Kier molecular flexibility index (Phi) is 4.62. The Morgan fingerprint density at radius 3 is 2.76 bits per heavy atom. The molecule has 0 saturated carbocycles. The molecule has 0 bridgehead atoms. The van der Waals surface area contributed by atoms with Crippen molar-refractivity contribution in [1.29, 1.82) is 0 Å². The van der Waals surface area contributed by atoms with Crippen molar-refractivity contribution in [2.75, 3.05) is 6.54 Å². The maximum atomic E-state index is 11.7. The second kappa shape index (κ2) is 6.62. The van der Waals surface area contributed by atoms with Gasteiger partial charge in [0.15, 0.2) is 0 Å². The van der Waals surface area contributed by atoms with E-state index in [1.54, 1.807) is 24.3 Å². The molecule has 1 aromatic carbocycles. The fourth-order valence-corrected chi connectivity index (χ4v) is 1.74. The molecule has 21 heavy (non-hydrogen) atoms. The summed E-state index contributed by atoms with van der Waals surface area (Å²) in [5.41, 5.74) is 0.527. The number of carbonyl (C=O) groups excluding carboxylic acids is 1. The highest BCUT2D eigenvalue weighted by Crippen LogP contribution is 2.10. The number of carbonyl (C=O) groups is 1. The molecule has 1 aromatic heterocycles. The number of nitrogens with zero attached hydrogens (tertiary/aromatic N) is 3. The van der Waals surface area contributed by atoms with E-state index in [9.17, 15) is 20.0 Å². The van der Waals surface area contributed by atoms with Crippen LogP contribution in [0, 0.1) is 10.1 Å². The van der Waals surface area contributed by atoms with E-state index < -0.39 is 11.0 Å². The molecular weight excluding hydrogens is 276 g/mol. The largest absolute Gasteiger partial charge is 0.387 e. The van der Waals surface area contributed by atoms with Gasteiger partial charge in [-0.05, 0) is 5.56 Å². The quantitative estimate of drug-likeness (QED) is 0.599. The average Bonchev–Trinajstić information content (AvgIpc) is 2.94. The van der Waals surface area contributed by atoms with Gasteiger partial charge in [0.1, 0.15) is 18.9 Å². The summed E-state index contributed by atoms with van der Waals surface area (Å²) in [5.74, 6) is -0.386. The molecule has 1 atom stereocenters. The average molecular weight is 290 g/mol. The van der Waals surface area contributed by atoms with Crippen LogP contribution in [0.15, 0.2) is 42.7 Å². The van der Waals surface area contributed by atoms with Gasteiger partial charge < -0.3 is 10.4 Å². The van der Waals surface area contributed by atoms with Crippen LogP contribution in [0.3, 0.4) is 0 Å². The third kappa shape index (κ3) is 4.11. The van der Waals surface area contributed by atoms with E-state index in [1.165, 1.54) is 10.9 Å². The Hall–Kier alpha value is -2.74. The van der Waals surface area contributed by atoms with Crippen LogP contribution in [-0.2, 0) is 11.3 Å². The fourth-order valence-electron chi connectivity index (χ4n) is 1.74. The molecule has 0 aliphatic carbocycles. The molecule has 1 amide bonds. The zero-order valence-electron chi connectivity index (χ0n) is 11.0. The zero-order valence-corrected chi connectivity index (χ0v) is 11.0. The number of hydrogen-bond donors (Lipinski definition) is 2. The number of aliphatic hydroxyl groups excluding tert-OH is 1. The summed E-state index contributed by atoms with van der Waals surface area (Å²) in [7, 11) is 0. The molecule has 2 aromatic rings. The molecule has 8 nitrogen and oxygen atoms in total. The van der Waals surface area contributed by atoms with Gasteiger partial charge in [-0.3, -0.25) is 19.6 Å². The van der Waals surface area contributed by atoms with Gasteiger partial charge in [-0.25, -0.2) is 0 Å². The first-order chi connectivity index (χ1) is 10.1. The van der Waals surface area contributed by atoms with Gasteiger partial charge in [0.2, 0.25) is 5.91 Å². The Morgan fingerprint density at radius 1 is 1.43 bits per heavy atom. The maximum Gasteiger partial charge on any atom is 0.307 e. The van der Waals surface area contributed by atoms with Gasteiger partial charge in [-0.15, -0.1) is 0 Å².